The van der Waals surface area contributed by atoms with Crippen molar-refractivity contribution in [1.29, 1.82) is 0 Å². The van der Waals surface area contributed by atoms with Gasteiger partial charge < -0.3 is 10.1 Å². The van der Waals surface area contributed by atoms with Crippen molar-refractivity contribution in [2.45, 2.75) is 39.7 Å². The van der Waals surface area contributed by atoms with Crippen LogP contribution in [0.2, 0.25) is 5.02 Å². The molecule has 1 heterocycles. The van der Waals surface area contributed by atoms with Crippen molar-refractivity contribution in [2.24, 2.45) is 5.92 Å². The number of hydrogen-bond acceptors (Lipinski definition) is 2. The van der Waals surface area contributed by atoms with E-state index in [2.05, 4.69) is 38.2 Å². The van der Waals surface area contributed by atoms with E-state index in [0.717, 1.165) is 36.8 Å². The number of hydrogen-bond donors (Lipinski definition) is 1. The molecule has 0 saturated carbocycles. The van der Waals surface area contributed by atoms with Crippen molar-refractivity contribution in [3.8, 4) is 0 Å². The van der Waals surface area contributed by atoms with E-state index in [1.807, 2.05) is 0 Å². The lowest BCUT2D eigenvalue weighted by molar-refractivity contribution is 0.0392. The van der Waals surface area contributed by atoms with Gasteiger partial charge >= 0.3 is 0 Å². The van der Waals surface area contributed by atoms with Crippen molar-refractivity contribution < 1.29 is 4.74 Å². The topological polar surface area (TPSA) is 21.3 Å². The number of nitrogens with one attached hydrogen (secondary N) is 1. The fourth-order valence-corrected chi connectivity index (χ4v) is 3.14. The second-order valence-electron chi connectivity index (χ2n) is 5.47. The van der Waals surface area contributed by atoms with E-state index in [1.54, 1.807) is 0 Å². The third-order valence-electron chi connectivity index (χ3n) is 3.97. The first-order valence-corrected chi connectivity index (χ1v) is 7.59. The first-order chi connectivity index (χ1) is 9.13. The normalized spacial score (nSPS) is 21.4. The van der Waals surface area contributed by atoms with Gasteiger partial charge in [0.2, 0.25) is 0 Å². The molecule has 3 heteroatoms. The van der Waals surface area contributed by atoms with Crippen LogP contribution in [0.4, 0.5) is 0 Å². The van der Waals surface area contributed by atoms with E-state index < -0.39 is 0 Å². The minimum atomic E-state index is 0.376. The minimum Gasteiger partial charge on any atom is -0.381 e. The standard InChI is InChI=1S/C16H24ClNO/c1-4-18-16(13-6-5-7-19-10-13)14-8-12(3)15(17)9-11(14)2/h8-9,13,16,18H,4-7,10H2,1-3H3. The number of rotatable bonds is 4. The third kappa shape index (κ3) is 3.50. The van der Waals surface area contributed by atoms with Crippen LogP contribution in [0.1, 0.15) is 42.5 Å². The Balaban J connectivity index is 2.29. The Bertz CT molecular complexity index is 427. The van der Waals surface area contributed by atoms with Crippen LogP contribution in [0, 0.1) is 19.8 Å². The molecule has 0 spiro atoms. The van der Waals surface area contributed by atoms with Crippen LogP contribution in [0.5, 0.6) is 0 Å². The SMILES string of the molecule is CCNC(c1cc(C)c(Cl)cc1C)C1CCCOC1. The summed E-state index contributed by atoms with van der Waals surface area (Å²) in [5.41, 5.74) is 3.80. The average molecular weight is 282 g/mol. The summed E-state index contributed by atoms with van der Waals surface area (Å²) in [6, 6.07) is 4.70. The first kappa shape index (κ1) is 14.8. The van der Waals surface area contributed by atoms with Gasteiger partial charge in [-0.2, -0.15) is 0 Å². The zero-order valence-corrected chi connectivity index (χ0v) is 12.9. The van der Waals surface area contributed by atoms with Gasteiger partial charge in [-0.05, 0) is 56.0 Å². The summed E-state index contributed by atoms with van der Waals surface area (Å²) in [7, 11) is 0. The lowest BCUT2D eigenvalue weighted by atomic mass is 9.86. The second kappa shape index (κ2) is 6.74. The van der Waals surface area contributed by atoms with Gasteiger partial charge in [-0.3, -0.25) is 0 Å². The predicted octanol–water partition coefficient (Wildman–Crippen LogP) is 4.03. The second-order valence-corrected chi connectivity index (χ2v) is 5.88. The molecule has 1 aliphatic rings. The van der Waals surface area contributed by atoms with Gasteiger partial charge in [0, 0.05) is 23.6 Å². The Labute approximate surface area is 121 Å². The zero-order valence-electron chi connectivity index (χ0n) is 12.1. The Morgan fingerprint density at radius 2 is 2.16 bits per heavy atom. The Kier molecular flexibility index (Phi) is 5.26. The molecule has 2 unspecified atom stereocenters. The monoisotopic (exact) mass is 281 g/mol. The molecule has 2 rings (SSSR count). The van der Waals surface area contributed by atoms with Gasteiger partial charge in [-0.25, -0.2) is 0 Å². The molecule has 1 aromatic carbocycles. The van der Waals surface area contributed by atoms with E-state index >= 15 is 0 Å². The molecule has 0 aliphatic carbocycles. The fraction of sp³-hybridized carbons (Fsp3) is 0.625. The molecule has 0 bridgehead atoms. The maximum absolute atomic E-state index is 6.21. The van der Waals surface area contributed by atoms with E-state index in [9.17, 15) is 0 Å². The van der Waals surface area contributed by atoms with E-state index in [1.165, 1.54) is 17.5 Å². The van der Waals surface area contributed by atoms with Crippen molar-refractivity contribution in [3.63, 3.8) is 0 Å². The molecule has 0 aromatic heterocycles. The summed E-state index contributed by atoms with van der Waals surface area (Å²) in [6.07, 6.45) is 2.40. The molecule has 2 nitrogen and oxygen atoms in total. The lowest BCUT2D eigenvalue weighted by Crippen LogP contribution is -2.33. The molecule has 1 fully saturated rings. The van der Waals surface area contributed by atoms with Crippen LogP contribution in [0.3, 0.4) is 0 Å². The van der Waals surface area contributed by atoms with Gasteiger partial charge in [0.05, 0.1) is 6.61 Å². The van der Waals surface area contributed by atoms with E-state index in [-0.39, 0.29) is 0 Å². The lowest BCUT2D eigenvalue weighted by Gasteiger charge is -2.32. The van der Waals surface area contributed by atoms with Crippen molar-refractivity contribution >= 4 is 11.6 Å². The van der Waals surface area contributed by atoms with Crippen LogP contribution >= 0.6 is 11.6 Å². The van der Waals surface area contributed by atoms with Crippen molar-refractivity contribution in [2.75, 3.05) is 19.8 Å². The van der Waals surface area contributed by atoms with Gasteiger partial charge in [-0.15, -0.1) is 0 Å². The predicted molar refractivity (Wildman–Crippen MR) is 80.9 cm³/mol. The van der Waals surface area contributed by atoms with E-state index in [4.69, 9.17) is 16.3 Å². The molecule has 19 heavy (non-hydrogen) atoms. The smallest absolute Gasteiger partial charge is 0.0512 e. The molecule has 1 saturated heterocycles. The summed E-state index contributed by atoms with van der Waals surface area (Å²) >= 11 is 6.21. The molecule has 2 atom stereocenters. The Morgan fingerprint density at radius 1 is 1.37 bits per heavy atom. The largest absolute Gasteiger partial charge is 0.381 e. The van der Waals surface area contributed by atoms with Crippen LogP contribution < -0.4 is 5.32 Å². The maximum Gasteiger partial charge on any atom is 0.0512 e. The first-order valence-electron chi connectivity index (χ1n) is 7.21. The highest BCUT2D eigenvalue weighted by Crippen LogP contribution is 2.33. The number of ether oxygens (including phenoxy) is 1. The summed E-state index contributed by atoms with van der Waals surface area (Å²) in [5.74, 6) is 0.563. The maximum atomic E-state index is 6.21. The van der Waals surface area contributed by atoms with Gasteiger partial charge in [0.15, 0.2) is 0 Å². The molecule has 106 valence electrons. The molecule has 0 radical (unpaired) electrons. The van der Waals surface area contributed by atoms with Gasteiger partial charge in [-0.1, -0.05) is 24.6 Å². The molecule has 0 amide bonds. The number of aryl methyl sites for hydroxylation is 2. The highest BCUT2D eigenvalue weighted by atomic mass is 35.5. The number of halogens is 1. The fourth-order valence-electron chi connectivity index (χ4n) is 2.92. The molecule has 1 aliphatic heterocycles. The minimum absolute atomic E-state index is 0.376. The molecule has 1 N–H and O–H groups in total. The highest BCUT2D eigenvalue weighted by Gasteiger charge is 2.26. The van der Waals surface area contributed by atoms with E-state index in [0.29, 0.717) is 12.0 Å². The summed E-state index contributed by atoms with van der Waals surface area (Å²) < 4.78 is 5.66. The summed E-state index contributed by atoms with van der Waals surface area (Å²) in [4.78, 5) is 0. The third-order valence-corrected chi connectivity index (χ3v) is 4.38. The van der Waals surface area contributed by atoms with Crippen molar-refractivity contribution in [3.05, 3.63) is 33.8 Å². The molecular weight excluding hydrogens is 258 g/mol. The van der Waals surface area contributed by atoms with Crippen LogP contribution in [0.25, 0.3) is 0 Å². The Hall–Kier alpha value is -0.570. The summed E-state index contributed by atoms with van der Waals surface area (Å²) in [6.45, 7) is 9.13. The van der Waals surface area contributed by atoms with Crippen LogP contribution in [-0.2, 0) is 4.74 Å². The Morgan fingerprint density at radius 3 is 2.79 bits per heavy atom. The quantitative estimate of drug-likeness (QED) is 0.899. The van der Waals surface area contributed by atoms with Gasteiger partial charge in [0.25, 0.3) is 0 Å². The molecule has 1 aromatic rings. The average Bonchev–Trinajstić information content (AvgIpc) is 2.42. The van der Waals surface area contributed by atoms with Crippen LogP contribution in [0.15, 0.2) is 12.1 Å². The van der Waals surface area contributed by atoms with Crippen LogP contribution in [-0.4, -0.2) is 19.8 Å². The highest BCUT2D eigenvalue weighted by molar-refractivity contribution is 6.31. The number of benzene rings is 1. The van der Waals surface area contributed by atoms with Gasteiger partial charge in [0.1, 0.15) is 0 Å². The molecular formula is C16H24ClNO. The zero-order chi connectivity index (χ0) is 13.8. The van der Waals surface area contributed by atoms with Crippen molar-refractivity contribution in [1.82, 2.24) is 5.32 Å². The summed E-state index contributed by atoms with van der Waals surface area (Å²) in [5, 5.41) is 4.49.